The summed E-state index contributed by atoms with van der Waals surface area (Å²) in [5.41, 5.74) is 0.00944. The van der Waals surface area contributed by atoms with Gasteiger partial charge in [-0.15, -0.1) is 11.3 Å². The lowest BCUT2D eigenvalue weighted by atomic mass is 9.98. The van der Waals surface area contributed by atoms with Crippen molar-refractivity contribution in [1.29, 1.82) is 0 Å². The molecule has 0 aromatic carbocycles. The normalized spacial score (nSPS) is 14.7. The first kappa shape index (κ1) is 18.4. The Morgan fingerprint density at radius 3 is 2.83 bits per heavy atom. The first-order valence-corrected chi connectivity index (χ1v) is 8.73. The monoisotopic (exact) mass is 348 g/mol. The van der Waals surface area contributed by atoms with Crippen molar-refractivity contribution in [3.05, 3.63) is 46.3 Å². The number of thiazole rings is 1. The maximum Gasteiger partial charge on any atom is 0.244 e. The smallest absolute Gasteiger partial charge is 0.244 e. The number of furan rings is 1. The van der Waals surface area contributed by atoms with Gasteiger partial charge in [-0.2, -0.15) is 0 Å². The lowest BCUT2D eigenvalue weighted by molar-refractivity contribution is -0.117. The van der Waals surface area contributed by atoms with Gasteiger partial charge in [0.15, 0.2) is 0 Å². The third-order valence-corrected chi connectivity index (χ3v) is 4.79. The summed E-state index contributed by atoms with van der Waals surface area (Å²) < 4.78 is 5.15. The van der Waals surface area contributed by atoms with Gasteiger partial charge in [0.1, 0.15) is 11.9 Å². The Kier molecular flexibility index (Phi) is 5.96. The van der Waals surface area contributed by atoms with E-state index < -0.39 is 6.10 Å². The summed E-state index contributed by atoms with van der Waals surface area (Å²) in [5.74, 6) is 0.311. The zero-order valence-electron chi connectivity index (χ0n) is 14.4. The molecule has 5 nitrogen and oxygen atoms in total. The van der Waals surface area contributed by atoms with E-state index >= 15 is 0 Å². The molecule has 24 heavy (non-hydrogen) atoms. The Morgan fingerprint density at radius 2 is 2.25 bits per heavy atom. The van der Waals surface area contributed by atoms with Crippen LogP contribution in [0.2, 0.25) is 0 Å². The fourth-order valence-corrected chi connectivity index (χ4v) is 3.03. The van der Waals surface area contributed by atoms with Crippen molar-refractivity contribution in [2.45, 2.75) is 51.7 Å². The average molecular weight is 348 g/mol. The number of hydrogen-bond acceptors (Lipinski definition) is 5. The van der Waals surface area contributed by atoms with E-state index in [0.29, 0.717) is 12.2 Å². The van der Waals surface area contributed by atoms with E-state index in [4.69, 9.17) is 4.42 Å². The molecule has 2 N–H and O–H groups in total. The predicted molar refractivity (Wildman–Crippen MR) is 95.7 cm³/mol. The highest BCUT2D eigenvalue weighted by molar-refractivity contribution is 7.12. The third kappa shape index (κ3) is 5.32. The molecule has 2 aromatic rings. The van der Waals surface area contributed by atoms with Crippen LogP contribution in [0, 0.1) is 0 Å². The van der Waals surface area contributed by atoms with Crippen LogP contribution in [-0.4, -0.2) is 22.0 Å². The number of nitrogens with zero attached hydrogens (tertiary/aromatic N) is 1. The first-order valence-electron chi connectivity index (χ1n) is 7.92. The van der Waals surface area contributed by atoms with Gasteiger partial charge in [0.2, 0.25) is 5.91 Å². The molecule has 6 heteroatoms. The topological polar surface area (TPSA) is 75.4 Å². The molecule has 0 aliphatic rings. The highest BCUT2D eigenvalue weighted by Crippen LogP contribution is 2.27. The van der Waals surface area contributed by atoms with Gasteiger partial charge in [-0.1, -0.05) is 20.8 Å². The molecular formula is C18H24N2O3S. The molecule has 0 radical (unpaired) electrons. The van der Waals surface area contributed by atoms with Gasteiger partial charge in [-0.3, -0.25) is 4.79 Å². The second-order valence-corrected chi connectivity index (χ2v) is 7.89. The van der Waals surface area contributed by atoms with E-state index in [-0.39, 0.29) is 17.4 Å². The number of nitrogens with one attached hydrogen (secondary N) is 1. The largest absolute Gasteiger partial charge is 0.467 e. The van der Waals surface area contributed by atoms with Gasteiger partial charge >= 0.3 is 0 Å². The molecule has 0 saturated heterocycles. The second-order valence-electron chi connectivity index (χ2n) is 6.83. The molecule has 2 aromatic heterocycles. The third-order valence-electron chi connectivity index (χ3n) is 3.40. The fourth-order valence-electron chi connectivity index (χ4n) is 2.15. The standard InChI is InChI=1S/C18H24N2O3S/c1-12(10-14(21)15-6-5-9-23-15)20-16(22)8-7-13-11-19-17(24-13)18(2,3)4/h5-9,11-12,14,21H,10H2,1-4H3,(H,20,22)/b8-7+. The van der Waals surface area contributed by atoms with Gasteiger partial charge in [0.25, 0.3) is 0 Å². The molecule has 2 heterocycles. The summed E-state index contributed by atoms with van der Waals surface area (Å²) in [6.07, 6.45) is 6.22. The molecule has 0 saturated carbocycles. The average Bonchev–Trinajstić information content (AvgIpc) is 3.16. The summed E-state index contributed by atoms with van der Waals surface area (Å²) in [6.45, 7) is 8.18. The van der Waals surface area contributed by atoms with Gasteiger partial charge < -0.3 is 14.8 Å². The zero-order chi connectivity index (χ0) is 17.7. The Labute approximate surface area is 146 Å². The molecule has 2 atom stereocenters. The molecular weight excluding hydrogens is 324 g/mol. The Morgan fingerprint density at radius 1 is 1.50 bits per heavy atom. The van der Waals surface area contributed by atoms with Crippen molar-refractivity contribution < 1.29 is 14.3 Å². The molecule has 0 bridgehead atoms. The van der Waals surface area contributed by atoms with Crippen molar-refractivity contribution in [1.82, 2.24) is 10.3 Å². The maximum atomic E-state index is 12.0. The SMILES string of the molecule is CC(CC(O)c1ccco1)NC(=O)/C=C/c1cnc(C(C)(C)C)s1. The van der Waals surface area contributed by atoms with Crippen LogP contribution in [0.25, 0.3) is 6.08 Å². The van der Waals surface area contributed by atoms with Crippen LogP contribution < -0.4 is 5.32 Å². The molecule has 0 aliphatic carbocycles. The molecule has 0 fully saturated rings. The molecule has 0 spiro atoms. The number of amides is 1. The minimum atomic E-state index is -0.727. The summed E-state index contributed by atoms with van der Waals surface area (Å²) in [6, 6.07) is 3.27. The number of carbonyl (C=O) groups excluding carboxylic acids is 1. The Bertz CT molecular complexity index is 683. The quantitative estimate of drug-likeness (QED) is 0.781. The van der Waals surface area contributed by atoms with Crippen LogP contribution >= 0.6 is 11.3 Å². The summed E-state index contributed by atoms with van der Waals surface area (Å²) in [7, 11) is 0. The van der Waals surface area contributed by atoms with Gasteiger partial charge in [0.05, 0.1) is 11.3 Å². The van der Waals surface area contributed by atoms with Crippen LogP contribution in [0.1, 0.15) is 55.9 Å². The molecule has 130 valence electrons. The van der Waals surface area contributed by atoms with Gasteiger partial charge in [0, 0.05) is 35.0 Å². The van der Waals surface area contributed by atoms with E-state index in [1.165, 1.54) is 12.3 Å². The fraction of sp³-hybridized carbons (Fsp3) is 0.444. The Balaban J connectivity index is 1.85. The number of aliphatic hydroxyl groups is 1. The van der Waals surface area contributed by atoms with Gasteiger partial charge in [-0.25, -0.2) is 4.98 Å². The molecule has 2 unspecified atom stereocenters. The number of rotatable bonds is 6. The minimum absolute atomic E-state index is 0.00944. The number of carbonyl (C=O) groups is 1. The maximum absolute atomic E-state index is 12.0. The summed E-state index contributed by atoms with van der Waals surface area (Å²) in [4.78, 5) is 17.3. The van der Waals surface area contributed by atoms with E-state index in [0.717, 1.165) is 9.88 Å². The first-order chi connectivity index (χ1) is 11.3. The number of hydrogen-bond donors (Lipinski definition) is 2. The number of aromatic nitrogens is 1. The lowest BCUT2D eigenvalue weighted by Crippen LogP contribution is -2.32. The highest BCUT2D eigenvalue weighted by atomic mass is 32.1. The van der Waals surface area contributed by atoms with Crippen LogP contribution in [-0.2, 0) is 10.2 Å². The van der Waals surface area contributed by atoms with Crippen molar-refractivity contribution in [3.8, 4) is 0 Å². The Hall–Kier alpha value is -1.92. The van der Waals surface area contributed by atoms with Gasteiger partial charge in [-0.05, 0) is 25.1 Å². The number of aliphatic hydroxyl groups excluding tert-OH is 1. The van der Waals surface area contributed by atoms with Crippen LogP contribution in [0.5, 0.6) is 0 Å². The van der Waals surface area contributed by atoms with E-state index in [1.807, 2.05) is 6.92 Å². The van der Waals surface area contributed by atoms with E-state index in [9.17, 15) is 9.90 Å². The van der Waals surface area contributed by atoms with E-state index in [1.54, 1.807) is 35.7 Å². The van der Waals surface area contributed by atoms with Crippen molar-refractivity contribution in [2.24, 2.45) is 0 Å². The predicted octanol–water partition coefficient (Wildman–Crippen LogP) is 3.68. The molecule has 0 aliphatic heterocycles. The second kappa shape index (κ2) is 7.77. The minimum Gasteiger partial charge on any atom is -0.467 e. The summed E-state index contributed by atoms with van der Waals surface area (Å²) >= 11 is 1.58. The highest BCUT2D eigenvalue weighted by Gasteiger charge is 2.18. The van der Waals surface area contributed by atoms with Crippen LogP contribution in [0.3, 0.4) is 0 Å². The summed E-state index contributed by atoms with van der Waals surface area (Å²) in [5, 5.41) is 13.9. The van der Waals surface area contributed by atoms with E-state index in [2.05, 4.69) is 31.1 Å². The van der Waals surface area contributed by atoms with Crippen LogP contribution in [0.15, 0.2) is 35.1 Å². The van der Waals surface area contributed by atoms with Crippen molar-refractivity contribution in [2.75, 3.05) is 0 Å². The molecule has 1 amide bonds. The zero-order valence-corrected chi connectivity index (χ0v) is 15.3. The van der Waals surface area contributed by atoms with Crippen molar-refractivity contribution >= 4 is 23.3 Å². The molecule has 2 rings (SSSR count). The lowest BCUT2D eigenvalue weighted by Gasteiger charge is -2.15. The van der Waals surface area contributed by atoms with Crippen molar-refractivity contribution in [3.63, 3.8) is 0 Å². The van der Waals surface area contributed by atoms with Crippen LogP contribution in [0.4, 0.5) is 0 Å².